The number of nitrogens with one attached hydrogen (secondary N) is 1. The van der Waals surface area contributed by atoms with Gasteiger partial charge in [0, 0.05) is 5.69 Å². The highest BCUT2D eigenvalue weighted by molar-refractivity contribution is 5.93. The largest absolute Gasteiger partial charge is 0.544 e. The summed E-state index contributed by atoms with van der Waals surface area (Å²) >= 11 is 0. The lowest BCUT2D eigenvalue weighted by Crippen LogP contribution is -2.92. The van der Waals surface area contributed by atoms with Crippen LogP contribution >= 0.6 is 0 Å². The van der Waals surface area contributed by atoms with Gasteiger partial charge in [-0.2, -0.15) is 0 Å². The topological polar surface area (TPSA) is 99.0 Å². The minimum absolute atomic E-state index is 0.169. The van der Waals surface area contributed by atoms with Crippen molar-refractivity contribution in [1.82, 2.24) is 0 Å². The van der Waals surface area contributed by atoms with Gasteiger partial charge < -0.3 is 25.0 Å². The Bertz CT molecular complexity index is 581. The van der Waals surface area contributed by atoms with Gasteiger partial charge in [0.1, 0.15) is 12.6 Å². The summed E-state index contributed by atoms with van der Waals surface area (Å²) in [7, 11) is 0. The summed E-state index contributed by atoms with van der Waals surface area (Å²) in [6, 6.07) is 11.4. The first kappa shape index (κ1) is 14.8. The third kappa shape index (κ3) is 4.77. The summed E-state index contributed by atoms with van der Waals surface area (Å²) < 4.78 is 5.12. The smallest absolute Gasteiger partial charge is 0.230 e. The Hall–Kier alpha value is -2.60. The fraction of sp³-hybridized carbons (Fsp3) is 0.200. The number of quaternary nitrogens is 1. The minimum Gasteiger partial charge on any atom is -0.544 e. The predicted molar refractivity (Wildman–Crippen MR) is 72.8 cm³/mol. The molecule has 1 amide bonds. The van der Waals surface area contributed by atoms with Crippen molar-refractivity contribution in [2.45, 2.75) is 19.0 Å². The molecule has 1 aromatic carbocycles. The lowest BCUT2D eigenvalue weighted by Gasteiger charge is -2.15. The van der Waals surface area contributed by atoms with Crippen LogP contribution in [0.2, 0.25) is 0 Å². The van der Waals surface area contributed by atoms with E-state index in [1.54, 1.807) is 36.4 Å². The maximum atomic E-state index is 11.8. The molecular weight excluding hydrogens is 272 g/mol. The van der Waals surface area contributed by atoms with Crippen LogP contribution in [0, 0.1) is 0 Å². The number of aliphatic carboxylic acids is 1. The number of carbonyl (C=O) groups is 2. The Morgan fingerprint density at radius 3 is 2.57 bits per heavy atom. The van der Waals surface area contributed by atoms with Gasteiger partial charge in [0.25, 0.3) is 0 Å². The highest BCUT2D eigenvalue weighted by Crippen LogP contribution is 2.05. The van der Waals surface area contributed by atoms with Gasteiger partial charge in [-0.1, -0.05) is 18.2 Å². The van der Waals surface area contributed by atoms with Crippen molar-refractivity contribution in [3.8, 4) is 0 Å². The van der Waals surface area contributed by atoms with E-state index in [1.807, 2.05) is 6.07 Å². The van der Waals surface area contributed by atoms with E-state index in [-0.39, 0.29) is 12.3 Å². The van der Waals surface area contributed by atoms with E-state index in [2.05, 4.69) is 5.32 Å². The first-order valence-corrected chi connectivity index (χ1v) is 6.56. The van der Waals surface area contributed by atoms with Crippen molar-refractivity contribution in [1.29, 1.82) is 0 Å². The zero-order valence-electron chi connectivity index (χ0n) is 11.3. The number of amides is 1. The van der Waals surface area contributed by atoms with Crippen LogP contribution in [0.15, 0.2) is 53.1 Å². The Morgan fingerprint density at radius 2 is 1.95 bits per heavy atom. The molecule has 0 saturated heterocycles. The number of carboxylic acids is 1. The van der Waals surface area contributed by atoms with Crippen molar-refractivity contribution in [3.63, 3.8) is 0 Å². The van der Waals surface area contributed by atoms with E-state index >= 15 is 0 Å². The molecule has 1 unspecified atom stereocenters. The molecule has 110 valence electrons. The zero-order chi connectivity index (χ0) is 15.1. The van der Waals surface area contributed by atoms with Gasteiger partial charge in [-0.15, -0.1) is 0 Å². The summed E-state index contributed by atoms with van der Waals surface area (Å²) in [5, 5.41) is 15.3. The van der Waals surface area contributed by atoms with Gasteiger partial charge in [0.2, 0.25) is 5.91 Å². The maximum absolute atomic E-state index is 11.8. The number of benzene rings is 1. The first-order chi connectivity index (χ1) is 10.1. The molecule has 0 radical (unpaired) electrons. The molecule has 0 aliphatic heterocycles. The molecule has 0 aliphatic carbocycles. The molecule has 6 nitrogen and oxygen atoms in total. The molecule has 0 bridgehead atoms. The van der Waals surface area contributed by atoms with Gasteiger partial charge in [0.05, 0.1) is 18.7 Å². The van der Waals surface area contributed by atoms with Gasteiger partial charge in [-0.3, -0.25) is 4.79 Å². The SMILES string of the molecule is O=C(CC([NH2+]Cc1ccco1)C(=O)[O-])Nc1ccccc1. The number of carboxylic acid groups (broad SMARTS) is 1. The molecule has 1 aromatic heterocycles. The minimum atomic E-state index is -1.27. The van der Waals surface area contributed by atoms with Crippen LogP contribution < -0.4 is 15.7 Å². The average Bonchev–Trinajstić information content (AvgIpc) is 2.97. The molecule has 2 aromatic rings. The summed E-state index contributed by atoms with van der Waals surface area (Å²) in [5.41, 5.74) is 0.630. The number of rotatable bonds is 7. The zero-order valence-corrected chi connectivity index (χ0v) is 11.3. The molecule has 21 heavy (non-hydrogen) atoms. The molecule has 1 heterocycles. The predicted octanol–water partition coefficient (Wildman–Crippen LogP) is -0.510. The Kier molecular flexibility index (Phi) is 5.11. The van der Waals surface area contributed by atoms with Crippen LogP contribution in [-0.2, 0) is 16.1 Å². The van der Waals surface area contributed by atoms with Crippen LogP contribution in [-0.4, -0.2) is 17.9 Å². The fourth-order valence-electron chi connectivity index (χ4n) is 1.88. The van der Waals surface area contributed by atoms with E-state index in [1.165, 1.54) is 11.6 Å². The third-order valence-corrected chi connectivity index (χ3v) is 2.95. The highest BCUT2D eigenvalue weighted by atomic mass is 16.4. The maximum Gasteiger partial charge on any atom is 0.230 e. The van der Waals surface area contributed by atoms with Crippen LogP contribution in [0.1, 0.15) is 12.2 Å². The number of anilines is 1. The van der Waals surface area contributed by atoms with E-state index in [9.17, 15) is 14.7 Å². The van der Waals surface area contributed by atoms with Crippen molar-refractivity contribution >= 4 is 17.6 Å². The molecule has 0 saturated carbocycles. The fourth-order valence-corrected chi connectivity index (χ4v) is 1.88. The molecule has 2 rings (SSSR count). The second-order valence-electron chi connectivity index (χ2n) is 4.56. The normalized spacial score (nSPS) is 11.8. The number of para-hydroxylation sites is 1. The average molecular weight is 288 g/mol. The molecule has 0 aliphatic rings. The van der Waals surface area contributed by atoms with Crippen LogP contribution in [0.3, 0.4) is 0 Å². The molecule has 3 N–H and O–H groups in total. The van der Waals surface area contributed by atoms with Gasteiger partial charge in [-0.25, -0.2) is 0 Å². The number of hydrogen-bond acceptors (Lipinski definition) is 4. The molecule has 6 heteroatoms. The Balaban J connectivity index is 1.87. The quantitative estimate of drug-likeness (QED) is 0.717. The van der Waals surface area contributed by atoms with E-state index in [0.717, 1.165) is 0 Å². The summed E-state index contributed by atoms with van der Waals surface area (Å²) in [6.45, 7) is 0.338. The summed E-state index contributed by atoms with van der Waals surface area (Å²) in [6.07, 6.45) is 1.34. The number of carbonyl (C=O) groups excluding carboxylic acids is 2. The second-order valence-corrected chi connectivity index (χ2v) is 4.56. The van der Waals surface area contributed by atoms with Crippen LogP contribution in [0.5, 0.6) is 0 Å². The lowest BCUT2D eigenvalue weighted by molar-refractivity contribution is -0.698. The number of hydrogen-bond donors (Lipinski definition) is 2. The summed E-state index contributed by atoms with van der Waals surface area (Å²) in [4.78, 5) is 22.9. The van der Waals surface area contributed by atoms with Crippen molar-refractivity contribution in [2.24, 2.45) is 0 Å². The lowest BCUT2D eigenvalue weighted by atomic mass is 10.2. The van der Waals surface area contributed by atoms with E-state index < -0.39 is 12.0 Å². The third-order valence-electron chi connectivity index (χ3n) is 2.95. The molecule has 1 atom stereocenters. The number of nitrogens with two attached hydrogens (primary N) is 1. The van der Waals surface area contributed by atoms with Crippen molar-refractivity contribution in [2.75, 3.05) is 5.32 Å². The monoisotopic (exact) mass is 288 g/mol. The Morgan fingerprint density at radius 1 is 1.19 bits per heavy atom. The van der Waals surface area contributed by atoms with Gasteiger partial charge in [-0.05, 0) is 24.3 Å². The van der Waals surface area contributed by atoms with Crippen LogP contribution in [0.4, 0.5) is 5.69 Å². The van der Waals surface area contributed by atoms with Gasteiger partial charge >= 0.3 is 0 Å². The van der Waals surface area contributed by atoms with Crippen LogP contribution in [0.25, 0.3) is 0 Å². The van der Waals surface area contributed by atoms with Crippen molar-refractivity contribution in [3.05, 3.63) is 54.5 Å². The summed E-state index contributed by atoms with van der Waals surface area (Å²) in [5.74, 6) is -0.999. The standard InChI is InChI=1S/C15H16N2O4/c18-14(17-11-5-2-1-3-6-11)9-13(15(19)20)16-10-12-7-4-8-21-12/h1-8,13,16H,9-10H2,(H,17,18)(H,19,20). The molecule has 0 fully saturated rings. The van der Waals surface area contributed by atoms with E-state index in [4.69, 9.17) is 4.42 Å². The first-order valence-electron chi connectivity index (χ1n) is 6.56. The second kappa shape index (κ2) is 7.25. The highest BCUT2D eigenvalue weighted by Gasteiger charge is 2.18. The van der Waals surface area contributed by atoms with Crippen molar-refractivity contribution < 1.29 is 24.4 Å². The number of furan rings is 1. The Labute approximate surface area is 121 Å². The molecular formula is C15H16N2O4. The molecule has 0 spiro atoms. The van der Waals surface area contributed by atoms with E-state index in [0.29, 0.717) is 18.0 Å². The van der Waals surface area contributed by atoms with Gasteiger partial charge in [0.15, 0.2) is 5.76 Å².